The van der Waals surface area contributed by atoms with Crippen LogP contribution in [0.3, 0.4) is 0 Å². The summed E-state index contributed by atoms with van der Waals surface area (Å²) in [5.74, 6) is -2.50. The van der Waals surface area contributed by atoms with E-state index in [1.54, 1.807) is 24.3 Å². The molecule has 0 aromatic heterocycles. The molecule has 2 aromatic carbocycles. The number of hydrogen-bond donors (Lipinski definition) is 1. The summed E-state index contributed by atoms with van der Waals surface area (Å²) in [6, 6.07) is 13.0. The molecule has 0 fully saturated rings. The van der Waals surface area contributed by atoms with Crippen molar-refractivity contribution in [2.75, 3.05) is 11.9 Å². The van der Waals surface area contributed by atoms with Crippen LogP contribution >= 0.6 is 0 Å². The number of anilines is 1. The number of ether oxygens (including phenoxy) is 1. The van der Waals surface area contributed by atoms with Crippen molar-refractivity contribution in [1.29, 1.82) is 0 Å². The maximum Gasteiger partial charge on any atom is 0.228 e. The monoisotopic (exact) mass is 368 g/mol. The van der Waals surface area contributed by atoms with Gasteiger partial charge in [0.2, 0.25) is 5.91 Å². The Hall–Kier alpha value is -2.82. The summed E-state index contributed by atoms with van der Waals surface area (Å²) < 4.78 is 5.39. The zero-order valence-electron chi connectivity index (χ0n) is 16.2. The number of nitrogens with one attached hydrogen (secondary N) is 1. The summed E-state index contributed by atoms with van der Waals surface area (Å²) in [5, 5.41) is 14.2. The van der Waals surface area contributed by atoms with E-state index in [0.717, 1.165) is 16.7 Å². The molecule has 27 heavy (non-hydrogen) atoms. The minimum absolute atomic E-state index is 0.334. The summed E-state index contributed by atoms with van der Waals surface area (Å²) in [6.07, 6.45) is 0.334. The third-order valence-electron chi connectivity index (χ3n) is 4.48. The zero-order chi connectivity index (χ0) is 20.0. The maximum atomic E-state index is 12.8. The Balaban J connectivity index is 2.19. The fourth-order valence-corrected chi connectivity index (χ4v) is 3.14. The average Bonchev–Trinajstić information content (AvgIpc) is 2.60. The zero-order valence-corrected chi connectivity index (χ0v) is 16.2. The highest BCUT2D eigenvalue weighted by Crippen LogP contribution is 2.23. The highest BCUT2D eigenvalue weighted by Gasteiger charge is 2.26. The lowest BCUT2D eigenvalue weighted by Gasteiger charge is -2.24. The average molecular weight is 368 g/mol. The number of aliphatic carboxylic acids is 1. The molecule has 0 spiro atoms. The molecule has 2 rings (SSSR count). The van der Waals surface area contributed by atoms with Gasteiger partial charge in [0.05, 0.1) is 12.5 Å². The second kappa shape index (κ2) is 9.21. The third-order valence-corrected chi connectivity index (χ3v) is 4.48. The molecule has 0 aliphatic rings. The molecule has 1 amide bonds. The Morgan fingerprint density at radius 1 is 1.07 bits per heavy atom. The van der Waals surface area contributed by atoms with Gasteiger partial charge in [0.25, 0.3) is 0 Å². The number of carboxylic acids is 1. The van der Waals surface area contributed by atoms with E-state index in [-0.39, 0.29) is 5.91 Å². The van der Waals surface area contributed by atoms with Crippen LogP contribution < -0.4 is 15.2 Å². The van der Waals surface area contributed by atoms with Gasteiger partial charge in [-0.25, -0.2) is 0 Å². The quantitative estimate of drug-likeness (QED) is 0.777. The molecule has 0 unspecified atom stereocenters. The van der Waals surface area contributed by atoms with Crippen molar-refractivity contribution in [3.8, 4) is 5.75 Å². The number of hydrogen-bond acceptors (Lipinski definition) is 4. The molecule has 0 heterocycles. The Kier molecular flexibility index (Phi) is 6.99. The van der Waals surface area contributed by atoms with Gasteiger partial charge in [-0.15, -0.1) is 0 Å². The largest absolute Gasteiger partial charge is 0.550 e. The van der Waals surface area contributed by atoms with E-state index in [1.165, 1.54) is 6.92 Å². The molecule has 5 nitrogen and oxygen atoms in total. The van der Waals surface area contributed by atoms with Crippen LogP contribution in [0, 0.1) is 25.7 Å². The van der Waals surface area contributed by atoms with E-state index in [0.29, 0.717) is 24.5 Å². The van der Waals surface area contributed by atoms with E-state index >= 15 is 0 Å². The van der Waals surface area contributed by atoms with Gasteiger partial charge in [-0.05, 0) is 57.0 Å². The Bertz CT molecular complexity index is 778. The molecule has 2 aromatic rings. The van der Waals surface area contributed by atoms with Gasteiger partial charge in [0.1, 0.15) is 5.75 Å². The molecule has 144 valence electrons. The lowest BCUT2D eigenvalue weighted by atomic mass is 9.86. The minimum atomic E-state index is -1.23. The van der Waals surface area contributed by atoms with E-state index in [4.69, 9.17) is 4.74 Å². The van der Waals surface area contributed by atoms with Crippen molar-refractivity contribution in [1.82, 2.24) is 0 Å². The molecular formula is C22H26NO4-. The minimum Gasteiger partial charge on any atom is -0.550 e. The SMILES string of the molecule is CCOc1ccc(NC(=O)[C@H](Cc2cc(C)cc(C)c2)[C@@H](C)C(=O)[O-])cc1. The standard InChI is InChI=1S/C22H27NO4/c1-5-27-19-8-6-18(7-9-19)23-21(24)20(16(4)22(25)26)13-17-11-14(2)10-15(3)12-17/h6-12,16,20H,5,13H2,1-4H3,(H,23,24)(H,25,26)/p-1/t16-,20-/m1/s1. The molecule has 0 saturated carbocycles. The maximum absolute atomic E-state index is 12.8. The van der Waals surface area contributed by atoms with Gasteiger partial charge in [0, 0.05) is 17.6 Å². The van der Waals surface area contributed by atoms with Crippen LogP contribution in [-0.2, 0) is 16.0 Å². The summed E-state index contributed by atoms with van der Waals surface area (Å²) >= 11 is 0. The Morgan fingerprint density at radius 2 is 1.67 bits per heavy atom. The van der Waals surface area contributed by atoms with Crippen molar-refractivity contribution in [3.05, 3.63) is 59.2 Å². The summed E-state index contributed by atoms with van der Waals surface area (Å²) in [7, 11) is 0. The number of amides is 1. The molecule has 0 aliphatic carbocycles. The summed E-state index contributed by atoms with van der Waals surface area (Å²) in [5.41, 5.74) is 3.69. The number of carbonyl (C=O) groups is 2. The molecule has 5 heteroatoms. The molecular weight excluding hydrogens is 342 g/mol. The first kappa shape index (κ1) is 20.5. The van der Waals surface area contributed by atoms with Crippen LogP contribution in [0.15, 0.2) is 42.5 Å². The van der Waals surface area contributed by atoms with Crippen molar-refractivity contribution >= 4 is 17.6 Å². The second-order valence-electron chi connectivity index (χ2n) is 6.86. The lowest BCUT2D eigenvalue weighted by Crippen LogP contribution is -2.40. The van der Waals surface area contributed by atoms with Crippen molar-refractivity contribution in [2.45, 2.75) is 34.1 Å². The smallest absolute Gasteiger partial charge is 0.228 e. The van der Waals surface area contributed by atoms with Crippen molar-refractivity contribution < 1.29 is 19.4 Å². The number of aryl methyl sites for hydroxylation is 2. The van der Waals surface area contributed by atoms with E-state index in [1.807, 2.05) is 39.0 Å². The van der Waals surface area contributed by atoms with Gasteiger partial charge in [-0.1, -0.05) is 36.2 Å². The van der Waals surface area contributed by atoms with Gasteiger partial charge >= 0.3 is 0 Å². The van der Waals surface area contributed by atoms with Gasteiger partial charge < -0.3 is 20.0 Å². The molecule has 0 bridgehead atoms. The van der Waals surface area contributed by atoms with E-state index in [9.17, 15) is 14.7 Å². The Labute approximate surface area is 160 Å². The number of carbonyl (C=O) groups excluding carboxylic acids is 2. The second-order valence-corrected chi connectivity index (χ2v) is 6.86. The lowest BCUT2D eigenvalue weighted by molar-refractivity contribution is -0.312. The van der Waals surface area contributed by atoms with Crippen LogP contribution in [0.4, 0.5) is 5.69 Å². The van der Waals surface area contributed by atoms with Crippen LogP contribution in [0.5, 0.6) is 5.75 Å². The molecule has 0 aliphatic heterocycles. The topological polar surface area (TPSA) is 78.5 Å². The van der Waals surface area contributed by atoms with E-state index < -0.39 is 17.8 Å². The van der Waals surface area contributed by atoms with Crippen molar-refractivity contribution in [3.63, 3.8) is 0 Å². The first-order valence-electron chi connectivity index (χ1n) is 9.12. The normalized spacial score (nSPS) is 12.9. The Morgan fingerprint density at radius 3 is 2.19 bits per heavy atom. The van der Waals surface area contributed by atoms with Gasteiger partial charge in [0.15, 0.2) is 0 Å². The summed E-state index contributed by atoms with van der Waals surface area (Å²) in [6.45, 7) is 7.93. The molecule has 0 saturated heterocycles. The predicted molar refractivity (Wildman–Crippen MR) is 104 cm³/mol. The molecule has 2 atom stereocenters. The van der Waals surface area contributed by atoms with Crippen LogP contribution in [0.2, 0.25) is 0 Å². The highest BCUT2D eigenvalue weighted by atomic mass is 16.5. The molecule has 0 radical (unpaired) electrons. The van der Waals surface area contributed by atoms with E-state index in [2.05, 4.69) is 5.32 Å². The van der Waals surface area contributed by atoms with Crippen LogP contribution in [0.25, 0.3) is 0 Å². The first-order chi connectivity index (χ1) is 12.8. The first-order valence-corrected chi connectivity index (χ1v) is 9.12. The number of rotatable bonds is 8. The number of benzene rings is 2. The summed E-state index contributed by atoms with van der Waals surface area (Å²) in [4.78, 5) is 24.2. The fraction of sp³-hybridized carbons (Fsp3) is 0.364. The number of carboxylic acid groups (broad SMARTS) is 1. The predicted octanol–water partition coefficient (Wildman–Crippen LogP) is 2.89. The van der Waals surface area contributed by atoms with Gasteiger partial charge in [-0.2, -0.15) is 0 Å². The third kappa shape index (κ3) is 5.84. The van der Waals surface area contributed by atoms with Crippen molar-refractivity contribution in [2.24, 2.45) is 11.8 Å². The van der Waals surface area contributed by atoms with Crippen LogP contribution in [0.1, 0.15) is 30.5 Å². The fourth-order valence-electron chi connectivity index (χ4n) is 3.14. The molecule has 1 N–H and O–H groups in total. The van der Waals surface area contributed by atoms with Gasteiger partial charge in [-0.3, -0.25) is 4.79 Å². The van der Waals surface area contributed by atoms with Crippen LogP contribution in [-0.4, -0.2) is 18.5 Å². The highest BCUT2D eigenvalue weighted by molar-refractivity contribution is 5.95.